The van der Waals surface area contributed by atoms with E-state index in [4.69, 9.17) is 19.7 Å². The number of rotatable bonds is 10. The van der Waals surface area contributed by atoms with E-state index in [-0.39, 0.29) is 12.7 Å². The molecule has 2 aliphatic rings. The smallest absolute Gasteiger partial charge is 0.228 e. The van der Waals surface area contributed by atoms with E-state index in [1.807, 2.05) is 18.3 Å². The number of para-hydroxylation sites is 1. The van der Waals surface area contributed by atoms with Gasteiger partial charge in [0.1, 0.15) is 11.9 Å². The van der Waals surface area contributed by atoms with E-state index >= 15 is 0 Å². The summed E-state index contributed by atoms with van der Waals surface area (Å²) in [5.41, 5.74) is 2.17. The van der Waals surface area contributed by atoms with Crippen LogP contribution in [0.5, 0.6) is 5.88 Å². The van der Waals surface area contributed by atoms with Crippen molar-refractivity contribution >= 4 is 22.7 Å². The Kier molecular flexibility index (Phi) is 7.85. The first-order valence-electron chi connectivity index (χ1n) is 13.7. The highest BCUT2D eigenvalue weighted by atomic mass is 16.5. The summed E-state index contributed by atoms with van der Waals surface area (Å²) >= 11 is 0. The van der Waals surface area contributed by atoms with Crippen molar-refractivity contribution in [1.82, 2.24) is 15.0 Å². The molecule has 0 saturated carbocycles. The van der Waals surface area contributed by atoms with Crippen molar-refractivity contribution in [2.45, 2.75) is 64.4 Å². The number of pyridine rings is 1. The number of piperidine rings is 1. The Morgan fingerprint density at radius 1 is 0.972 bits per heavy atom. The summed E-state index contributed by atoms with van der Waals surface area (Å²) in [6, 6.07) is 12.5. The van der Waals surface area contributed by atoms with Crippen LogP contribution in [0.3, 0.4) is 0 Å². The maximum absolute atomic E-state index is 9.50. The van der Waals surface area contributed by atoms with E-state index < -0.39 is 0 Å². The van der Waals surface area contributed by atoms with Gasteiger partial charge in [0, 0.05) is 36.8 Å². The van der Waals surface area contributed by atoms with Gasteiger partial charge in [-0.1, -0.05) is 44.9 Å². The second-order valence-corrected chi connectivity index (χ2v) is 10.3. The molecule has 36 heavy (non-hydrogen) atoms. The predicted molar refractivity (Wildman–Crippen MR) is 145 cm³/mol. The van der Waals surface area contributed by atoms with Crippen molar-refractivity contribution in [2.24, 2.45) is 5.92 Å². The number of fused-ring (bicyclic) bond motifs is 1. The van der Waals surface area contributed by atoms with E-state index in [2.05, 4.69) is 47.9 Å². The van der Waals surface area contributed by atoms with Gasteiger partial charge in [0.2, 0.25) is 11.8 Å². The molecular weight excluding hydrogens is 450 g/mol. The molecule has 3 aromatic rings. The van der Waals surface area contributed by atoms with Gasteiger partial charge in [-0.15, -0.1) is 0 Å². The lowest BCUT2D eigenvalue weighted by molar-refractivity contribution is 0.156. The van der Waals surface area contributed by atoms with Crippen molar-refractivity contribution in [3.8, 4) is 5.88 Å². The Balaban J connectivity index is 1.32. The van der Waals surface area contributed by atoms with Gasteiger partial charge in [-0.25, -0.2) is 9.97 Å². The first-order valence-corrected chi connectivity index (χ1v) is 13.7. The van der Waals surface area contributed by atoms with Crippen LogP contribution in [0.4, 0.5) is 11.8 Å². The van der Waals surface area contributed by atoms with Crippen molar-refractivity contribution < 1.29 is 9.84 Å². The van der Waals surface area contributed by atoms with E-state index in [0.29, 0.717) is 11.8 Å². The SMILES string of the molecule is CCCC(CCC)c1cnc(N2CCC(CO)CC2)nc1OC1CN(c2ccc3ccccc3n2)C1. The van der Waals surface area contributed by atoms with Crippen LogP contribution >= 0.6 is 0 Å². The minimum absolute atomic E-state index is 0.0869. The number of hydrogen-bond acceptors (Lipinski definition) is 7. The first kappa shape index (κ1) is 24.8. The van der Waals surface area contributed by atoms with Gasteiger partial charge in [0.25, 0.3) is 0 Å². The summed E-state index contributed by atoms with van der Waals surface area (Å²) in [4.78, 5) is 19.1. The molecule has 2 aromatic heterocycles. The van der Waals surface area contributed by atoms with Gasteiger partial charge in [0.15, 0.2) is 0 Å². The van der Waals surface area contributed by atoms with Crippen LogP contribution in [0.25, 0.3) is 10.9 Å². The van der Waals surface area contributed by atoms with Gasteiger partial charge in [-0.3, -0.25) is 0 Å². The minimum atomic E-state index is 0.0869. The molecular formula is C29H39N5O2. The summed E-state index contributed by atoms with van der Waals surface area (Å²) in [6.07, 6.45) is 8.55. The normalized spacial score (nSPS) is 17.1. The third kappa shape index (κ3) is 5.41. The Morgan fingerprint density at radius 2 is 1.72 bits per heavy atom. The Labute approximate surface area is 214 Å². The highest BCUT2D eigenvalue weighted by molar-refractivity contribution is 5.80. The molecule has 0 aliphatic carbocycles. The fourth-order valence-corrected chi connectivity index (χ4v) is 5.45. The van der Waals surface area contributed by atoms with E-state index in [0.717, 1.165) is 98.8 Å². The topological polar surface area (TPSA) is 74.6 Å². The first-order chi connectivity index (χ1) is 17.7. The molecule has 1 aromatic carbocycles. The van der Waals surface area contributed by atoms with Gasteiger partial charge < -0.3 is 19.6 Å². The quantitative estimate of drug-likeness (QED) is 0.420. The zero-order valence-electron chi connectivity index (χ0n) is 21.6. The maximum atomic E-state index is 9.50. The Morgan fingerprint density at radius 3 is 2.44 bits per heavy atom. The summed E-state index contributed by atoms with van der Waals surface area (Å²) in [5, 5.41) is 10.7. The number of nitrogens with zero attached hydrogens (tertiary/aromatic N) is 5. The van der Waals surface area contributed by atoms with Crippen molar-refractivity contribution in [3.63, 3.8) is 0 Å². The molecule has 7 nitrogen and oxygen atoms in total. The second kappa shape index (κ2) is 11.4. The lowest BCUT2D eigenvalue weighted by Crippen LogP contribution is -2.54. The third-order valence-electron chi connectivity index (χ3n) is 7.67. The maximum Gasteiger partial charge on any atom is 0.228 e. The molecule has 0 atom stereocenters. The molecule has 0 spiro atoms. The van der Waals surface area contributed by atoms with Gasteiger partial charge >= 0.3 is 0 Å². The lowest BCUT2D eigenvalue weighted by atomic mass is 9.92. The van der Waals surface area contributed by atoms with Crippen LogP contribution in [-0.2, 0) is 0 Å². The zero-order valence-corrected chi connectivity index (χ0v) is 21.6. The molecule has 4 heterocycles. The van der Waals surface area contributed by atoms with E-state index in [1.165, 1.54) is 0 Å². The molecule has 192 valence electrons. The number of anilines is 2. The zero-order chi connectivity index (χ0) is 24.9. The Bertz CT molecular complexity index is 1140. The molecule has 0 radical (unpaired) electrons. The van der Waals surface area contributed by atoms with Crippen LogP contribution in [0.2, 0.25) is 0 Å². The molecule has 2 fully saturated rings. The number of aliphatic hydroxyl groups is 1. The number of hydrogen-bond donors (Lipinski definition) is 1. The minimum Gasteiger partial charge on any atom is -0.470 e. The predicted octanol–water partition coefficient (Wildman–Crippen LogP) is 5.18. The summed E-state index contributed by atoms with van der Waals surface area (Å²) in [5.74, 6) is 3.32. The molecule has 2 saturated heterocycles. The fourth-order valence-electron chi connectivity index (χ4n) is 5.45. The molecule has 0 amide bonds. The van der Waals surface area contributed by atoms with E-state index in [9.17, 15) is 5.11 Å². The molecule has 0 bridgehead atoms. The van der Waals surface area contributed by atoms with Gasteiger partial charge in [0.05, 0.1) is 18.6 Å². The average molecular weight is 490 g/mol. The Hall–Kier alpha value is -2.93. The number of aliphatic hydroxyl groups excluding tert-OH is 1. The monoisotopic (exact) mass is 489 g/mol. The standard InChI is InChI=1S/C29H39N5O2/c1-3-7-22(8-4-2)25-17-30-29(33-15-13-21(20-35)14-16-33)32-28(25)36-24-18-34(19-24)27-12-11-23-9-5-6-10-26(23)31-27/h5-6,9-12,17,21-22,24,35H,3-4,7-8,13-16,18-20H2,1-2H3. The van der Waals surface area contributed by atoms with Gasteiger partial charge in [-0.05, 0) is 55.7 Å². The molecule has 2 aliphatic heterocycles. The number of ether oxygens (including phenoxy) is 1. The van der Waals surface area contributed by atoms with Crippen molar-refractivity contribution in [3.05, 3.63) is 48.2 Å². The molecule has 5 rings (SSSR count). The van der Waals surface area contributed by atoms with Crippen LogP contribution < -0.4 is 14.5 Å². The van der Waals surface area contributed by atoms with Crippen LogP contribution in [-0.4, -0.2) is 58.9 Å². The summed E-state index contributed by atoms with van der Waals surface area (Å²) < 4.78 is 6.58. The molecule has 0 unspecified atom stereocenters. The van der Waals surface area contributed by atoms with Crippen molar-refractivity contribution in [1.29, 1.82) is 0 Å². The highest BCUT2D eigenvalue weighted by Gasteiger charge is 2.32. The van der Waals surface area contributed by atoms with Crippen LogP contribution in [0, 0.1) is 5.92 Å². The van der Waals surface area contributed by atoms with Crippen molar-refractivity contribution in [2.75, 3.05) is 42.6 Å². The largest absolute Gasteiger partial charge is 0.470 e. The van der Waals surface area contributed by atoms with Crippen LogP contribution in [0.1, 0.15) is 63.9 Å². The second-order valence-electron chi connectivity index (χ2n) is 10.3. The highest BCUT2D eigenvalue weighted by Crippen LogP contribution is 2.35. The average Bonchev–Trinajstić information content (AvgIpc) is 2.90. The third-order valence-corrected chi connectivity index (χ3v) is 7.67. The fraction of sp³-hybridized carbons (Fsp3) is 0.552. The summed E-state index contributed by atoms with van der Waals surface area (Å²) in [6.45, 7) is 8.11. The van der Waals surface area contributed by atoms with E-state index in [1.54, 1.807) is 0 Å². The molecule has 7 heteroatoms. The van der Waals surface area contributed by atoms with Gasteiger partial charge in [-0.2, -0.15) is 4.98 Å². The van der Waals surface area contributed by atoms with Crippen LogP contribution in [0.15, 0.2) is 42.6 Å². The number of aromatic nitrogens is 3. The molecule has 1 N–H and O–H groups in total. The number of benzene rings is 1. The lowest BCUT2D eigenvalue weighted by Gasteiger charge is -2.40. The summed E-state index contributed by atoms with van der Waals surface area (Å²) in [7, 11) is 0.